The minimum atomic E-state index is -2.97. The van der Waals surface area contributed by atoms with Crippen molar-refractivity contribution in [1.29, 1.82) is 0 Å². The van der Waals surface area contributed by atoms with E-state index >= 15 is 0 Å². The number of rotatable bonds is 3. The highest BCUT2D eigenvalue weighted by atomic mass is 19.3. The zero-order chi connectivity index (χ0) is 15.8. The molecule has 4 rings (SSSR count). The Balaban J connectivity index is 1.96. The van der Waals surface area contributed by atoms with Gasteiger partial charge in [0.15, 0.2) is 5.75 Å². The van der Waals surface area contributed by atoms with Gasteiger partial charge in [-0.25, -0.2) is 9.97 Å². The highest BCUT2D eigenvalue weighted by Gasteiger charge is 2.25. The lowest BCUT2D eigenvalue weighted by Crippen LogP contribution is -2.14. The van der Waals surface area contributed by atoms with E-state index in [9.17, 15) is 8.78 Å². The zero-order valence-corrected chi connectivity index (χ0v) is 11.5. The molecule has 0 fully saturated rings. The predicted molar refractivity (Wildman–Crippen MR) is 76.0 cm³/mol. The molecule has 3 aromatic rings. The Morgan fingerprint density at radius 1 is 1.13 bits per heavy atom. The van der Waals surface area contributed by atoms with Crippen LogP contribution in [0.4, 0.5) is 8.78 Å². The minimum absolute atomic E-state index is 0.265. The molecule has 1 aliphatic heterocycles. The van der Waals surface area contributed by atoms with E-state index in [0.717, 1.165) is 11.8 Å². The third-order valence-electron chi connectivity index (χ3n) is 3.30. The number of alkyl halides is 2. The van der Waals surface area contributed by atoms with Gasteiger partial charge in [0.2, 0.25) is 11.6 Å². The molecular weight excluding hydrogens is 308 g/mol. The van der Waals surface area contributed by atoms with E-state index in [0.29, 0.717) is 28.1 Å². The van der Waals surface area contributed by atoms with Gasteiger partial charge in [0, 0.05) is 11.7 Å². The lowest BCUT2D eigenvalue weighted by Gasteiger charge is -2.10. The second-order valence-corrected chi connectivity index (χ2v) is 4.69. The van der Waals surface area contributed by atoms with E-state index < -0.39 is 6.61 Å². The van der Waals surface area contributed by atoms with E-state index in [2.05, 4.69) is 20.3 Å². The third kappa shape index (κ3) is 2.38. The first-order chi connectivity index (χ1) is 11.2. The summed E-state index contributed by atoms with van der Waals surface area (Å²) in [5, 5.41) is 0. The zero-order valence-electron chi connectivity index (χ0n) is 11.5. The molecule has 6 nitrogen and oxygen atoms in total. The maximum atomic E-state index is 12.3. The van der Waals surface area contributed by atoms with E-state index in [1.54, 1.807) is 6.07 Å². The normalized spacial score (nSPS) is 12.8. The number of nitrogens with zero attached hydrogens (tertiary/aromatic N) is 2. The highest BCUT2D eigenvalue weighted by Crippen LogP contribution is 2.44. The van der Waals surface area contributed by atoms with E-state index in [-0.39, 0.29) is 5.88 Å². The SMILES string of the molecule is FC(F)Oc1cnc2c(-c3ccccc3)c3c(cc2n1)ONO3. The molecule has 1 aromatic heterocycles. The van der Waals surface area contributed by atoms with Crippen molar-refractivity contribution in [2.75, 3.05) is 0 Å². The fraction of sp³-hybridized carbons (Fsp3) is 0.0667. The van der Waals surface area contributed by atoms with Crippen LogP contribution in [0.1, 0.15) is 0 Å². The van der Waals surface area contributed by atoms with Gasteiger partial charge in [-0.2, -0.15) is 8.78 Å². The molecule has 0 spiro atoms. The summed E-state index contributed by atoms with van der Waals surface area (Å²) in [6.07, 6.45) is 1.15. The van der Waals surface area contributed by atoms with Crippen molar-refractivity contribution in [3.05, 3.63) is 42.6 Å². The largest absolute Gasteiger partial charge is 0.415 e. The Hall–Kier alpha value is -3.00. The van der Waals surface area contributed by atoms with Crippen LogP contribution in [-0.2, 0) is 0 Å². The lowest BCUT2D eigenvalue weighted by molar-refractivity contribution is -0.0528. The van der Waals surface area contributed by atoms with Gasteiger partial charge >= 0.3 is 6.61 Å². The summed E-state index contributed by atoms with van der Waals surface area (Å²) in [7, 11) is 0. The first-order valence-electron chi connectivity index (χ1n) is 6.65. The van der Waals surface area contributed by atoms with Gasteiger partial charge in [0.05, 0.1) is 17.3 Å². The Labute approximate surface area is 128 Å². The lowest BCUT2D eigenvalue weighted by atomic mass is 10.0. The molecule has 0 radical (unpaired) electrons. The molecule has 2 aromatic carbocycles. The van der Waals surface area contributed by atoms with Crippen LogP contribution in [0.5, 0.6) is 17.4 Å². The van der Waals surface area contributed by atoms with Crippen LogP contribution >= 0.6 is 0 Å². The highest BCUT2D eigenvalue weighted by molar-refractivity contribution is 5.97. The fourth-order valence-corrected chi connectivity index (χ4v) is 2.41. The Bertz CT molecular complexity index is 875. The Kier molecular flexibility index (Phi) is 3.16. The number of aromatic nitrogens is 2. The van der Waals surface area contributed by atoms with Gasteiger partial charge in [-0.1, -0.05) is 30.3 Å². The van der Waals surface area contributed by atoms with Crippen LogP contribution in [-0.4, -0.2) is 16.6 Å². The molecule has 1 N–H and O–H groups in total. The monoisotopic (exact) mass is 317 g/mol. The number of hydrogen-bond donors (Lipinski definition) is 1. The Morgan fingerprint density at radius 2 is 1.96 bits per heavy atom. The topological polar surface area (TPSA) is 65.5 Å². The molecule has 0 saturated heterocycles. The molecule has 0 unspecified atom stereocenters. The predicted octanol–water partition coefficient (Wildman–Crippen LogP) is 3.09. The van der Waals surface area contributed by atoms with Crippen LogP contribution in [0, 0.1) is 0 Å². The van der Waals surface area contributed by atoms with Crippen molar-refractivity contribution in [1.82, 2.24) is 15.6 Å². The number of hydrogen-bond acceptors (Lipinski definition) is 6. The number of benzene rings is 2. The van der Waals surface area contributed by atoms with Gasteiger partial charge in [-0.3, -0.25) is 0 Å². The quantitative estimate of drug-likeness (QED) is 0.801. The van der Waals surface area contributed by atoms with Crippen molar-refractivity contribution in [2.24, 2.45) is 0 Å². The van der Waals surface area contributed by atoms with Gasteiger partial charge in [-0.05, 0) is 5.56 Å². The van der Waals surface area contributed by atoms with Crippen LogP contribution < -0.4 is 20.1 Å². The van der Waals surface area contributed by atoms with E-state index in [4.69, 9.17) is 9.68 Å². The van der Waals surface area contributed by atoms with Gasteiger partial charge in [-0.15, -0.1) is 0 Å². The number of halogens is 2. The third-order valence-corrected chi connectivity index (χ3v) is 3.30. The molecule has 0 saturated carbocycles. The molecule has 0 aliphatic carbocycles. The average molecular weight is 317 g/mol. The summed E-state index contributed by atoms with van der Waals surface area (Å²) >= 11 is 0. The van der Waals surface area contributed by atoms with E-state index in [1.165, 1.54) is 0 Å². The minimum Gasteiger partial charge on any atom is -0.415 e. The van der Waals surface area contributed by atoms with Gasteiger partial charge in [0.1, 0.15) is 5.52 Å². The number of fused-ring (bicyclic) bond motifs is 2. The summed E-state index contributed by atoms with van der Waals surface area (Å²) in [4.78, 5) is 18.7. The van der Waals surface area contributed by atoms with Crippen LogP contribution in [0.3, 0.4) is 0 Å². The molecule has 1 aliphatic rings. The van der Waals surface area contributed by atoms with Crippen molar-refractivity contribution in [3.8, 4) is 28.5 Å². The summed E-state index contributed by atoms with van der Waals surface area (Å²) < 4.78 is 29.0. The average Bonchev–Trinajstić information content (AvgIpc) is 3.00. The molecule has 0 atom stereocenters. The van der Waals surface area contributed by atoms with Crippen molar-refractivity contribution in [3.63, 3.8) is 0 Å². The second kappa shape index (κ2) is 5.33. The summed E-state index contributed by atoms with van der Waals surface area (Å²) in [6.45, 7) is -2.97. The summed E-state index contributed by atoms with van der Waals surface area (Å²) in [6, 6.07) is 10.9. The van der Waals surface area contributed by atoms with E-state index in [1.807, 2.05) is 30.3 Å². The van der Waals surface area contributed by atoms with Gasteiger partial charge < -0.3 is 14.4 Å². The fourth-order valence-electron chi connectivity index (χ4n) is 2.41. The van der Waals surface area contributed by atoms with Crippen LogP contribution in [0.15, 0.2) is 42.6 Å². The summed E-state index contributed by atoms with van der Waals surface area (Å²) in [5.41, 5.74) is 4.64. The van der Waals surface area contributed by atoms with Gasteiger partial charge in [0.25, 0.3) is 0 Å². The molecule has 0 bridgehead atoms. The molecule has 2 heterocycles. The second-order valence-electron chi connectivity index (χ2n) is 4.69. The maximum absolute atomic E-state index is 12.3. The standard InChI is InChI=1S/C15H9F2N3O3/c16-15(17)21-11-7-18-13-9(19-11)6-10-14(23-20-22-10)12(13)8-4-2-1-3-5-8/h1-7,15,20H. The summed E-state index contributed by atoms with van der Waals surface area (Å²) in [5.74, 6) is 0.582. The van der Waals surface area contributed by atoms with Crippen molar-refractivity contribution in [2.45, 2.75) is 6.61 Å². The first kappa shape index (κ1) is 13.6. The molecule has 8 heteroatoms. The van der Waals surface area contributed by atoms with Crippen LogP contribution in [0.25, 0.3) is 22.2 Å². The maximum Gasteiger partial charge on any atom is 0.388 e. The van der Waals surface area contributed by atoms with Crippen LogP contribution in [0.2, 0.25) is 0 Å². The first-order valence-corrected chi connectivity index (χ1v) is 6.65. The number of nitrogens with one attached hydrogen (secondary N) is 1. The molecule has 0 amide bonds. The van der Waals surface area contributed by atoms with Crippen molar-refractivity contribution >= 4 is 11.0 Å². The van der Waals surface area contributed by atoms with Crippen molar-refractivity contribution < 1.29 is 23.2 Å². The number of ether oxygens (including phenoxy) is 1. The smallest absolute Gasteiger partial charge is 0.388 e. The molecule has 116 valence electrons. The molecular formula is C15H9F2N3O3. The molecule has 23 heavy (non-hydrogen) atoms. The Morgan fingerprint density at radius 3 is 2.74 bits per heavy atom.